The highest BCUT2D eigenvalue weighted by atomic mass is 35.5. The molecule has 0 unspecified atom stereocenters. The maximum absolute atomic E-state index is 12.8. The van der Waals surface area contributed by atoms with Gasteiger partial charge in [0.15, 0.2) is 0 Å². The van der Waals surface area contributed by atoms with Gasteiger partial charge in [-0.2, -0.15) is 0 Å². The van der Waals surface area contributed by atoms with E-state index in [1.54, 1.807) is 30.1 Å². The van der Waals surface area contributed by atoms with Gasteiger partial charge in [0.2, 0.25) is 12.0 Å². The van der Waals surface area contributed by atoms with Crippen LogP contribution in [0.1, 0.15) is 31.2 Å². The van der Waals surface area contributed by atoms with E-state index in [0.717, 1.165) is 12.8 Å². The zero-order chi connectivity index (χ0) is 18.0. The van der Waals surface area contributed by atoms with Crippen LogP contribution in [0, 0.1) is 0 Å². The molecule has 2 heterocycles. The molecule has 0 aliphatic carbocycles. The van der Waals surface area contributed by atoms with Crippen LogP contribution in [-0.2, 0) is 14.4 Å². The van der Waals surface area contributed by atoms with E-state index in [9.17, 15) is 9.59 Å². The highest BCUT2D eigenvalue weighted by molar-refractivity contribution is 6.37. The molecule has 8 heteroatoms. The Hall–Kier alpha value is -1.79. The molecule has 0 saturated carbocycles. The SMILES string of the molecule is CNC(=O)[C@@H]1CCCCN1C(=O)[C@@H]1CC(c2ccc(Cl)cc2Cl)=NO1. The Morgan fingerprint density at radius 2 is 2.12 bits per heavy atom. The number of carbonyl (C=O) groups excluding carboxylic acids is 2. The minimum absolute atomic E-state index is 0.145. The summed E-state index contributed by atoms with van der Waals surface area (Å²) in [5, 5.41) is 7.64. The lowest BCUT2D eigenvalue weighted by atomic mass is 9.99. The molecule has 2 aliphatic rings. The van der Waals surface area contributed by atoms with E-state index in [1.165, 1.54) is 0 Å². The van der Waals surface area contributed by atoms with Crippen LogP contribution in [0.4, 0.5) is 0 Å². The van der Waals surface area contributed by atoms with E-state index < -0.39 is 12.1 Å². The fourth-order valence-electron chi connectivity index (χ4n) is 3.21. The Labute approximate surface area is 156 Å². The van der Waals surface area contributed by atoms with Crippen LogP contribution in [0.5, 0.6) is 0 Å². The first kappa shape index (κ1) is 18.0. The van der Waals surface area contributed by atoms with Crippen LogP contribution < -0.4 is 5.32 Å². The second kappa shape index (κ2) is 7.62. The summed E-state index contributed by atoms with van der Waals surface area (Å²) in [5.41, 5.74) is 1.30. The lowest BCUT2D eigenvalue weighted by molar-refractivity contribution is -0.150. The molecule has 2 amide bonds. The fraction of sp³-hybridized carbons (Fsp3) is 0.471. The van der Waals surface area contributed by atoms with E-state index in [2.05, 4.69) is 10.5 Å². The first-order valence-corrected chi connectivity index (χ1v) is 8.97. The number of likely N-dealkylation sites (N-methyl/N-ethyl adjacent to an activating group) is 1. The average molecular weight is 384 g/mol. The monoisotopic (exact) mass is 383 g/mol. The van der Waals surface area contributed by atoms with Gasteiger partial charge in [-0.05, 0) is 31.4 Å². The topological polar surface area (TPSA) is 71.0 Å². The summed E-state index contributed by atoms with van der Waals surface area (Å²) in [4.78, 5) is 31.9. The van der Waals surface area contributed by atoms with Gasteiger partial charge in [0.25, 0.3) is 5.91 Å². The molecule has 2 atom stereocenters. The van der Waals surface area contributed by atoms with Crippen LogP contribution in [0.3, 0.4) is 0 Å². The Balaban J connectivity index is 1.71. The normalized spacial score (nSPS) is 23.0. The van der Waals surface area contributed by atoms with Crippen molar-refractivity contribution >= 4 is 40.7 Å². The predicted molar refractivity (Wildman–Crippen MR) is 95.9 cm³/mol. The van der Waals surface area contributed by atoms with Gasteiger partial charge in [0, 0.05) is 30.6 Å². The van der Waals surface area contributed by atoms with Gasteiger partial charge >= 0.3 is 0 Å². The van der Waals surface area contributed by atoms with Gasteiger partial charge in [-0.1, -0.05) is 34.4 Å². The summed E-state index contributed by atoms with van der Waals surface area (Å²) in [5.74, 6) is -0.356. The zero-order valence-electron chi connectivity index (χ0n) is 13.8. The number of oxime groups is 1. The lowest BCUT2D eigenvalue weighted by Gasteiger charge is -2.35. The van der Waals surface area contributed by atoms with Crippen molar-refractivity contribution in [2.24, 2.45) is 5.16 Å². The van der Waals surface area contributed by atoms with Crippen LogP contribution in [0.2, 0.25) is 10.0 Å². The largest absolute Gasteiger partial charge is 0.382 e. The summed E-state index contributed by atoms with van der Waals surface area (Å²) in [6.45, 7) is 0.549. The molecule has 0 bridgehead atoms. The first-order valence-electron chi connectivity index (χ1n) is 8.21. The average Bonchev–Trinajstić information content (AvgIpc) is 3.10. The molecule has 2 aliphatic heterocycles. The van der Waals surface area contributed by atoms with Crippen molar-refractivity contribution in [1.82, 2.24) is 10.2 Å². The summed E-state index contributed by atoms with van der Waals surface area (Å²) < 4.78 is 0. The number of carbonyl (C=O) groups is 2. The molecule has 1 aromatic rings. The minimum Gasteiger partial charge on any atom is -0.382 e. The van der Waals surface area contributed by atoms with E-state index in [-0.39, 0.29) is 11.8 Å². The first-order chi connectivity index (χ1) is 12.0. The summed E-state index contributed by atoms with van der Waals surface area (Å²) in [6.07, 6.45) is 2.05. The molecule has 134 valence electrons. The van der Waals surface area contributed by atoms with Gasteiger partial charge in [-0.3, -0.25) is 9.59 Å². The molecular weight excluding hydrogens is 365 g/mol. The molecule has 1 saturated heterocycles. The zero-order valence-corrected chi connectivity index (χ0v) is 15.3. The van der Waals surface area contributed by atoms with Crippen molar-refractivity contribution in [3.05, 3.63) is 33.8 Å². The molecule has 3 rings (SSSR count). The Morgan fingerprint density at radius 3 is 2.84 bits per heavy atom. The number of piperidine rings is 1. The molecule has 1 N–H and O–H groups in total. The van der Waals surface area contributed by atoms with E-state index in [4.69, 9.17) is 28.0 Å². The predicted octanol–water partition coefficient (Wildman–Crippen LogP) is 2.61. The molecule has 0 radical (unpaired) electrons. The second-order valence-electron chi connectivity index (χ2n) is 6.12. The summed E-state index contributed by atoms with van der Waals surface area (Å²) >= 11 is 12.1. The van der Waals surface area contributed by atoms with Crippen LogP contribution in [0.25, 0.3) is 0 Å². The highest BCUT2D eigenvalue weighted by Gasteiger charge is 2.38. The smallest absolute Gasteiger partial charge is 0.267 e. The number of amides is 2. The third-order valence-corrected chi connectivity index (χ3v) is 5.07. The number of hydrogen-bond donors (Lipinski definition) is 1. The molecule has 25 heavy (non-hydrogen) atoms. The third kappa shape index (κ3) is 3.75. The molecule has 6 nitrogen and oxygen atoms in total. The minimum atomic E-state index is -0.730. The highest BCUT2D eigenvalue weighted by Crippen LogP contribution is 2.28. The number of halogens is 2. The standard InChI is InChI=1S/C17H19Cl2N3O3/c1-20-16(23)14-4-2-3-7-22(14)17(24)15-9-13(21-25-15)11-6-5-10(18)8-12(11)19/h5-6,8,14-15H,2-4,7,9H2,1H3,(H,20,23)/t14-,15-/m0/s1. The Kier molecular flexibility index (Phi) is 5.49. The maximum atomic E-state index is 12.8. The van der Waals surface area contributed by atoms with Crippen molar-refractivity contribution in [2.45, 2.75) is 37.8 Å². The van der Waals surface area contributed by atoms with Crippen molar-refractivity contribution in [3.63, 3.8) is 0 Å². The van der Waals surface area contributed by atoms with E-state index in [0.29, 0.717) is 40.7 Å². The van der Waals surface area contributed by atoms with Crippen molar-refractivity contribution in [3.8, 4) is 0 Å². The molecule has 1 fully saturated rings. The summed E-state index contributed by atoms with van der Waals surface area (Å²) in [7, 11) is 1.58. The van der Waals surface area contributed by atoms with Gasteiger partial charge in [0.05, 0.1) is 10.7 Å². The molecule has 1 aromatic carbocycles. The second-order valence-corrected chi connectivity index (χ2v) is 6.96. The maximum Gasteiger partial charge on any atom is 0.267 e. The summed E-state index contributed by atoms with van der Waals surface area (Å²) in [6, 6.07) is 4.65. The van der Waals surface area contributed by atoms with Crippen LogP contribution in [0.15, 0.2) is 23.4 Å². The van der Waals surface area contributed by atoms with Crippen molar-refractivity contribution in [1.29, 1.82) is 0 Å². The van der Waals surface area contributed by atoms with E-state index in [1.807, 2.05) is 0 Å². The number of hydrogen-bond acceptors (Lipinski definition) is 4. The van der Waals surface area contributed by atoms with Gasteiger partial charge in [-0.25, -0.2) is 0 Å². The number of likely N-dealkylation sites (tertiary alicyclic amines) is 1. The van der Waals surface area contributed by atoms with Gasteiger partial charge in [-0.15, -0.1) is 0 Å². The van der Waals surface area contributed by atoms with Crippen LogP contribution >= 0.6 is 23.2 Å². The quantitative estimate of drug-likeness (QED) is 0.871. The third-order valence-electron chi connectivity index (χ3n) is 4.52. The van der Waals surface area contributed by atoms with E-state index >= 15 is 0 Å². The lowest BCUT2D eigenvalue weighted by Crippen LogP contribution is -2.54. The fourth-order valence-corrected chi connectivity index (χ4v) is 3.73. The molecule has 0 aromatic heterocycles. The number of nitrogens with zero attached hydrogens (tertiary/aromatic N) is 2. The molecular formula is C17H19Cl2N3O3. The van der Waals surface area contributed by atoms with Crippen LogP contribution in [-0.4, -0.2) is 48.2 Å². The number of nitrogens with one attached hydrogen (secondary N) is 1. The number of benzene rings is 1. The van der Waals surface area contributed by atoms with Gasteiger partial charge < -0.3 is 15.1 Å². The Morgan fingerprint density at radius 1 is 1.32 bits per heavy atom. The van der Waals surface area contributed by atoms with Crippen molar-refractivity contribution in [2.75, 3.05) is 13.6 Å². The van der Waals surface area contributed by atoms with Gasteiger partial charge in [0.1, 0.15) is 6.04 Å². The number of rotatable bonds is 3. The Bertz CT molecular complexity index is 723. The van der Waals surface area contributed by atoms with Crippen molar-refractivity contribution < 1.29 is 14.4 Å². The molecule has 0 spiro atoms.